The van der Waals surface area contributed by atoms with Crippen LogP contribution in [0.5, 0.6) is 0 Å². The van der Waals surface area contributed by atoms with Gasteiger partial charge in [-0.1, -0.05) is 77.8 Å². The molecule has 1 amide bonds. The van der Waals surface area contributed by atoms with Crippen molar-refractivity contribution in [3.05, 3.63) is 93.8 Å². The Labute approximate surface area is 198 Å². The van der Waals surface area contributed by atoms with Crippen molar-refractivity contribution in [2.24, 2.45) is 0 Å². The zero-order valence-corrected chi connectivity index (χ0v) is 18.9. The first-order chi connectivity index (χ1) is 15.5. The van der Waals surface area contributed by atoms with Crippen molar-refractivity contribution in [1.29, 1.82) is 0 Å². The smallest absolute Gasteiger partial charge is 0.338 e. The minimum atomic E-state index is -0.692. The summed E-state index contributed by atoms with van der Waals surface area (Å²) < 4.78 is 5.03. The van der Waals surface area contributed by atoms with Gasteiger partial charge >= 0.3 is 5.97 Å². The van der Waals surface area contributed by atoms with Crippen LogP contribution in [0.3, 0.4) is 0 Å². The van der Waals surface area contributed by atoms with Crippen LogP contribution in [0.15, 0.2) is 78.2 Å². The molecule has 0 unspecified atom stereocenters. The SMILES string of the molecule is O=C(COC(=O)c1cc(Cl)cc(Cl)c1)Nc1nc(-c2ccc(-c3ccccc3)cc2)cs1. The maximum Gasteiger partial charge on any atom is 0.338 e. The predicted molar refractivity (Wildman–Crippen MR) is 128 cm³/mol. The van der Waals surface area contributed by atoms with Gasteiger partial charge in [-0.15, -0.1) is 11.3 Å². The van der Waals surface area contributed by atoms with Crippen LogP contribution < -0.4 is 5.32 Å². The maximum atomic E-state index is 12.2. The molecule has 1 heterocycles. The highest BCUT2D eigenvalue weighted by Crippen LogP contribution is 2.27. The Balaban J connectivity index is 1.34. The molecule has 0 aliphatic carbocycles. The van der Waals surface area contributed by atoms with E-state index >= 15 is 0 Å². The van der Waals surface area contributed by atoms with Gasteiger partial charge in [0.1, 0.15) is 0 Å². The molecule has 8 heteroatoms. The number of benzene rings is 3. The van der Waals surface area contributed by atoms with Crippen molar-refractivity contribution in [2.75, 3.05) is 11.9 Å². The summed E-state index contributed by atoms with van der Waals surface area (Å²) in [4.78, 5) is 28.7. The van der Waals surface area contributed by atoms with Gasteiger partial charge in [-0.2, -0.15) is 0 Å². The first-order valence-electron chi connectivity index (χ1n) is 9.52. The van der Waals surface area contributed by atoms with E-state index in [0.717, 1.165) is 22.4 Å². The van der Waals surface area contributed by atoms with Gasteiger partial charge in [0, 0.05) is 21.0 Å². The summed E-state index contributed by atoms with van der Waals surface area (Å²) in [5.41, 5.74) is 4.10. The Morgan fingerprint density at radius 1 is 0.875 bits per heavy atom. The average Bonchev–Trinajstić information content (AvgIpc) is 3.26. The third kappa shape index (κ3) is 5.53. The Hall–Kier alpha value is -3.19. The maximum absolute atomic E-state index is 12.2. The molecule has 0 saturated heterocycles. The highest BCUT2D eigenvalue weighted by atomic mass is 35.5. The Bertz CT molecular complexity index is 1240. The molecular weight excluding hydrogens is 467 g/mol. The van der Waals surface area contributed by atoms with E-state index in [9.17, 15) is 9.59 Å². The number of anilines is 1. The lowest BCUT2D eigenvalue weighted by Crippen LogP contribution is -2.20. The number of ether oxygens (including phenoxy) is 1. The zero-order valence-electron chi connectivity index (χ0n) is 16.5. The van der Waals surface area contributed by atoms with Crippen LogP contribution >= 0.6 is 34.5 Å². The van der Waals surface area contributed by atoms with Crippen LogP contribution in [-0.2, 0) is 9.53 Å². The second-order valence-corrected chi connectivity index (χ2v) is 8.49. The number of rotatable bonds is 6. The van der Waals surface area contributed by atoms with E-state index in [-0.39, 0.29) is 5.56 Å². The Morgan fingerprint density at radius 2 is 1.50 bits per heavy atom. The van der Waals surface area contributed by atoms with Gasteiger partial charge in [-0.05, 0) is 29.3 Å². The van der Waals surface area contributed by atoms with Gasteiger partial charge in [0.15, 0.2) is 11.7 Å². The van der Waals surface area contributed by atoms with Crippen LogP contribution in [0.2, 0.25) is 10.0 Å². The molecule has 0 spiro atoms. The molecular formula is C24H16Cl2N2O3S. The first-order valence-corrected chi connectivity index (χ1v) is 11.2. The normalized spacial score (nSPS) is 10.6. The number of carbonyl (C=O) groups excluding carboxylic acids is 2. The van der Waals surface area contributed by atoms with Crippen LogP contribution in [0.25, 0.3) is 22.4 Å². The number of nitrogens with zero attached hydrogens (tertiary/aromatic N) is 1. The molecule has 0 atom stereocenters. The second kappa shape index (κ2) is 9.96. The largest absolute Gasteiger partial charge is 0.452 e. The second-order valence-electron chi connectivity index (χ2n) is 6.76. The first kappa shape index (κ1) is 22.0. The molecule has 32 heavy (non-hydrogen) atoms. The van der Waals surface area contributed by atoms with Crippen molar-refractivity contribution < 1.29 is 14.3 Å². The molecule has 0 bridgehead atoms. The van der Waals surface area contributed by atoms with E-state index in [1.807, 2.05) is 47.8 Å². The van der Waals surface area contributed by atoms with E-state index in [1.165, 1.54) is 29.5 Å². The lowest BCUT2D eigenvalue weighted by Gasteiger charge is -2.05. The molecule has 0 fully saturated rings. The molecule has 1 N–H and O–H groups in total. The average molecular weight is 483 g/mol. The van der Waals surface area contributed by atoms with E-state index in [0.29, 0.717) is 15.2 Å². The molecule has 5 nitrogen and oxygen atoms in total. The van der Waals surface area contributed by atoms with Crippen molar-refractivity contribution >= 4 is 51.5 Å². The fourth-order valence-electron chi connectivity index (χ4n) is 2.97. The minimum absolute atomic E-state index is 0.172. The summed E-state index contributed by atoms with van der Waals surface area (Å²) in [6, 6.07) is 22.5. The number of amides is 1. The molecule has 4 rings (SSSR count). The highest BCUT2D eigenvalue weighted by Gasteiger charge is 2.13. The minimum Gasteiger partial charge on any atom is -0.452 e. The summed E-state index contributed by atoms with van der Waals surface area (Å²) >= 11 is 13.0. The quantitative estimate of drug-likeness (QED) is 0.315. The molecule has 160 valence electrons. The van der Waals surface area contributed by atoms with Gasteiger partial charge in [-0.3, -0.25) is 10.1 Å². The van der Waals surface area contributed by atoms with Crippen molar-refractivity contribution in [3.8, 4) is 22.4 Å². The van der Waals surface area contributed by atoms with Crippen LogP contribution in [0.1, 0.15) is 10.4 Å². The summed E-state index contributed by atoms with van der Waals surface area (Å²) in [6.07, 6.45) is 0. The van der Waals surface area contributed by atoms with Crippen molar-refractivity contribution in [1.82, 2.24) is 4.98 Å². The number of hydrogen-bond acceptors (Lipinski definition) is 5. The number of thiazole rings is 1. The number of hydrogen-bond donors (Lipinski definition) is 1. The van der Waals surface area contributed by atoms with Gasteiger partial charge in [0.05, 0.1) is 11.3 Å². The molecule has 1 aromatic heterocycles. The van der Waals surface area contributed by atoms with Gasteiger partial charge < -0.3 is 4.74 Å². The topological polar surface area (TPSA) is 68.3 Å². The lowest BCUT2D eigenvalue weighted by molar-refractivity contribution is -0.119. The van der Waals surface area contributed by atoms with Gasteiger partial charge in [-0.25, -0.2) is 9.78 Å². The predicted octanol–water partition coefficient (Wildman–Crippen LogP) is 6.58. The van der Waals surface area contributed by atoms with Crippen molar-refractivity contribution in [2.45, 2.75) is 0 Å². The number of halogens is 2. The molecule has 0 aliphatic rings. The molecule has 3 aromatic carbocycles. The number of aromatic nitrogens is 1. The zero-order chi connectivity index (χ0) is 22.5. The Morgan fingerprint density at radius 3 is 2.19 bits per heavy atom. The number of esters is 1. The van der Waals surface area contributed by atoms with E-state index in [2.05, 4.69) is 22.4 Å². The van der Waals surface area contributed by atoms with E-state index < -0.39 is 18.5 Å². The summed E-state index contributed by atoms with van der Waals surface area (Å²) in [6.45, 7) is -0.455. The fraction of sp³-hybridized carbons (Fsp3) is 0.0417. The van der Waals surface area contributed by atoms with Crippen LogP contribution in [-0.4, -0.2) is 23.5 Å². The molecule has 0 radical (unpaired) electrons. The Kier molecular flexibility index (Phi) is 6.85. The lowest BCUT2D eigenvalue weighted by atomic mass is 10.0. The molecule has 0 aliphatic heterocycles. The van der Waals surface area contributed by atoms with Crippen LogP contribution in [0, 0.1) is 0 Å². The highest BCUT2D eigenvalue weighted by molar-refractivity contribution is 7.14. The van der Waals surface area contributed by atoms with E-state index in [1.54, 1.807) is 0 Å². The van der Waals surface area contributed by atoms with E-state index in [4.69, 9.17) is 27.9 Å². The summed E-state index contributed by atoms with van der Waals surface area (Å²) in [5, 5.41) is 5.52. The summed E-state index contributed by atoms with van der Waals surface area (Å²) in [7, 11) is 0. The van der Waals surface area contributed by atoms with Crippen molar-refractivity contribution in [3.63, 3.8) is 0 Å². The standard InChI is InChI=1S/C24H16Cl2N2O3S/c25-19-10-18(11-20(26)12-19)23(30)31-13-22(29)28-24-27-21(14-32-24)17-8-6-16(7-9-17)15-4-2-1-3-5-15/h1-12,14H,13H2,(H,27,28,29). The molecule has 0 saturated carbocycles. The molecule has 4 aromatic rings. The summed E-state index contributed by atoms with van der Waals surface area (Å²) in [5.74, 6) is -1.19. The van der Waals surface area contributed by atoms with Gasteiger partial charge in [0.25, 0.3) is 5.91 Å². The third-order valence-corrected chi connectivity index (χ3v) is 5.67. The van der Waals surface area contributed by atoms with Gasteiger partial charge in [0.2, 0.25) is 0 Å². The fourth-order valence-corrected chi connectivity index (χ4v) is 4.23. The van der Waals surface area contributed by atoms with Crippen LogP contribution in [0.4, 0.5) is 5.13 Å². The monoisotopic (exact) mass is 482 g/mol. The number of carbonyl (C=O) groups is 2. The third-order valence-electron chi connectivity index (χ3n) is 4.47. The number of nitrogens with one attached hydrogen (secondary N) is 1.